The van der Waals surface area contributed by atoms with Crippen LogP contribution < -0.4 is 25.6 Å². The van der Waals surface area contributed by atoms with Gasteiger partial charge in [0, 0.05) is 61.4 Å². The molecular weight excluding hydrogens is 847 g/mol. The highest BCUT2D eigenvalue weighted by Crippen LogP contribution is 2.52. The van der Waals surface area contributed by atoms with Gasteiger partial charge in [0.1, 0.15) is 33.9 Å². The van der Waals surface area contributed by atoms with Gasteiger partial charge in [-0.1, -0.05) is 70.2 Å². The molecule has 0 aliphatic carbocycles. The van der Waals surface area contributed by atoms with Crippen molar-refractivity contribution in [3.8, 4) is 64.4 Å². The SMILES string of the molecule is CC(C)(C)Oc1cc(OC(C)(C)C)c2cc(-c3cccc(-c4ccc(-c5ccc(-c6ccc(-c7cc8cc9c%10c(c8oc7=O)C(C)(C)CCN%10CCC9(C)C)cc6)s5)s4)c3)c(=O)oc2c1. The van der Waals surface area contributed by atoms with Crippen LogP contribution in [0.5, 0.6) is 11.5 Å². The number of anilines is 1. The third-order valence-electron chi connectivity index (χ3n) is 12.8. The van der Waals surface area contributed by atoms with Crippen LogP contribution in [0.3, 0.4) is 0 Å². The molecule has 65 heavy (non-hydrogen) atoms. The van der Waals surface area contributed by atoms with E-state index in [4.69, 9.17) is 18.3 Å². The summed E-state index contributed by atoms with van der Waals surface area (Å²) in [5.74, 6) is 1.17. The largest absolute Gasteiger partial charge is 0.488 e. The lowest BCUT2D eigenvalue weighted by molar-refractivity contribution is 0.122. The van der Waals surface area contributed by atoms with E-state index in [1.807, 2.05) is 84.0 Å². The van der Waals surface area contributed by atoms with E-state index in [2.05, 4.69) is 87.2 Å². The van der Waals surface area contributed by atoms with Crippen LogP contribution in [0, 0.1) is 0 Å². The van der Waals surface area contributed by atoms with Gasteiger partial charge in [0.2, 0.25) is 0 Å². The second-order valence-electron chi connectivity index (χ2n) is 21.0. The Morgan fingerprint density at radius 1 is 0.585 bits per heavy atom. The third kappa shape index (κ3) is 8.12. The molecule has 0 radical (unpaired) electrons. The first kappa shape index (κ1) is 43.0. The Morgan fingerprint density at radius 2 is 1.17 bits per heavy atom. The van der Waals surface area contributed by atoms with Crippen molar-refractivity contribution in [2.24, 2.45) is 0 Å². The molecule has 4 aromatic carbocycles. The molecular formula is C56H55NO6S2. The summed E-state index contributed by atoms with van der Waals surface area (Å²) in [6.45, 7) is 23.2. The van der Waals surface area contributed by atoms with Crippen LogP contribution in [0.1, 0.15) is 93.2 Å². The van der Waals surface area contributed by atoms with Crippen molar-refractivity contribution in [3.05, 3.63) is 135 Å². The summed E-state index contributed by atoms with van der Waals surface area (Å²) >= 11 is 3.46. The Labute approximate surface area is 388 Å². The average Bonchev–Trinajstić information content (AvgIpc) is 3.93. The van der Waals surface area contributed by atoms with Gasteiger partial charge in [-0.15, -0.1) is 22.7 Å². The Bertz CT molecular complexity index is 3290. The first-order valence-electron chi connectivity index (χ1n) is 22.5. The molecule has 0 atom stereocenters. The lowest BCUT2D eigenvalue weighted by atomic mass is 9.69. The first-order valence-corrected chi connectivity index (χ1v) is 24.2. The molecule has 0 unspecified atom stereocenters. The molecule has 10 rings (SSSR count). The minimum atomic E-state index is -0.485. The lowest BCUT2D eigenvalue weighted by Gasteiger charge is -2.48. The Hall–Kier alpha value is -5.90. The minimum absolute atomic E-state index is 0.0369. The zero-order valence-electron chi connectivity index (χ0n) is 38.9. The zero-order chi connectivity index (χ0) is 45.8. The molecule has 2 aliphatic heterocycles. The summed E-state index contributed by atoms with van der Waals surface area (Å²) in [5, 5.41) is 1.70. The van der Waals surface area contributed by atoms with Gasteiger partial charge in [0.15, 0.2) is 0 Å². The fourth-order valence-corrected chi connectivity index (χ4v) is 11.6. The number of fused-ring (bicyclic) bond motifs is 3. The Morgan fingerprint density at radius 3 is 1.85 bits per heavy atom. The summed E-state index contributed by atoms with van der Waals surface area (Å²) in [4.78, 5) is 34.4. The minimum Gasteiger partial charge on any atom is -0.488 e. The van der Waals surface area contributed by atoms with Crippen LogP contribution in [0.4, 0.5) is 5.69 Å². The number of rotatable bonds is 7. The molecule has 0 spiro atoms. The zero-order valence-corrected chi connectivity index (χ0v) is 40.5. The standard InChI is InChI=1S/C56H55NO6S2/c1-53(2,3)62-37-29-42-40(43(30-37)63-54(4,5)6)31-39(51(58)60-42)34-12-11-13-35(26-34)45-19-21-47(65-45)46-20-18-44(64-46)33-16-14-32(15-17-33)38-27-36-28-41-49-48(50(36)61-52(38)59)56(9,10)23-25-57(49)24-22-55(41,7)8/h11-21,26-31H,22-25H2,1-10H3. The number of hydrogen-bond donors (Lipinski definition) is 0. The van der Waals surface area contributed by atoms with E-state index >= 15 is 0 Å². The summed E-state index contributed by atoms with van der Waals surface area (Å²) < 4.78 is 24.8. The van der Waals surface area contributed by atoms with Crippen molar-refractivity contribution < 1.29 is 18.3 Å². The molecule has 6 heterocycles. The smallest absolute Gasteiger partial charge is 0.344 e. The van der Waals surface area contributed by atoms with Crippen molar-refractivity contribution in [3.63, 3.8) is 0 Å². The maximum Gasteiger partial charge on any atom is 0.344 e. The summed E-state index contributed by atoms with van der Waals surface area (Å²) in [6.07, 6.45) is 2.13. The Kier molecular flexibility index (Phi) is 10.2. The molecule has 7 nitrogen and oxygen atoms in total. The van der Waals surface area contributed by atoms with Gasteiger partial charge in [-0.2, -0.15) is 0 Å². The molecule has 0 saturated carbocycles. The van der Waals surface area contributed by atoms with E-state index < -0.39 is 16.8 Å². The maximum atomic E-state index is 13.8. The van der Waals surface area contributed by atoms with Crippen LogP contribution in [-0.2, 0) is 10.8 Å². The monoisotopic (exact) mass is 901 g/mol. The quantitative estimate of drug-likeness (QED) is 0.147. The number of thiophene rings is 2. The van der Waals surface area contributed by atoms with E-state index in [9.17, 15) is 9.59 Å². The van der Waals surface area contributed by atoms with Crippen molar-refractivity contribution >= 4 is 50.3 Å². The van der Waals surface area contributed by atoms with Gasteiger partial charge >= 0.3 is 11.3 Å². The van der Waals surface area contributed by atoms with Crippen LogP contribution in [0.2, 0.25) is 0 Å². The molecule has 332 valence electrons. The molecule has 0 amide bonds. The van der Waals surface area contributed by atoms with E-state index in [1.165, 1.54) is 21.7 Å². The molecule has 0 saturated heterocycles. The van der Waals surface area contributed by atoms with Gasteiger partial charge in [0.25, 0.3) is 0 Å². The average molecular weight is 902 g/mol. The molecule has 4 aromatic heterocycles. The predicted octanol–water partition coefficient (Wildman–Crippen LogP) is 14.9. The topological polar surface area (TPSA) is 82.1 Å². The third-order valence-corrected chi connectivity index (χ3v) is 15.2. The van der Waals surface area contributed by atoms with Gasteiger partial charge in [-0.25, -0.2) is 9.59 Å². The first-order chi connectivity index (χ1) is 30.7. The van der Waals surface area contributed by atoms with Gasteiger partial charge < -0.3 is 23.2 Å². The van der Waals surface area contributed by atoms with Crippen molar-refractivity contribution in [2.75, 3.05) is 18.0 Å². The summed E-state index contributed by atoms with van der Waals surface area (Å²) in [6, 6.07) is 34.8. The predicted molar refractivity (Wildman–Crippen MR) is 270 cm³/mol. The molecule has 8 aromatic rings. The molecule has 0 bridgehead atoms. The van der Waals surface area contributed by atoms with E-state index in [0.29, 0.717) is 33.6 Å². The fourth-order valence-electron chi connectivity index (χ4n) is 9.45. The van der Waals surface area contributed by atoms with E-state index in [1.54, 1.807) is 28.7 Å². The highest BCUT2D eigenvalue weighted by Gasteiger charge is 2.42. The van der Waals surface area contributed by atoms with Gasteiger partial charge in [-0.3, -0.25) is 0 Å². The van der Waals surface area contributed by atoms with Crippen molar-refractivity contribution in [2.45, 2.75) is 104 Å². The molecule has 0 fully saturated rings. The fraction of sp³-hybridized carbons (Fsp3) is 0.321. The van der Waals surface area contributed by atoms with Crippen LogP contribution in [0.15, 0.2) is 122 Å². The second kappa shape index (κ2) is 15.3. The highest BCUT2D eigenvalue weighted by molar-refractivity contribution is 7.25. The van der Waals surface area contributed by atoms with Gasteiger partial charge in [0.05, 0.1) is 16.5 Å². The summed E-state index contributed by atoms with van der Waals surface area (Å²) in [5.41, 5.74) is 8.00. The lowest BCUT2D eigenvalue weighted by Crippen LogP contribution is -2.44. The van der Waals surface area contributed by atoms with Crippen LogP contribution in [-0.4, -0.2) is 24.3 Å². The summed E-state index contributed by atoms with van der Waals surface area (Å²) in [7, 11) is 0. The number of ether oxygens (including phenoxy) is 2. The number of nitrogens with zero attached hydrogens (tertiary/aromatic N) is 1. The van der Waals surface area contributed by atoms with Crippen LogP contribution >= 0.6 is 22.7 Å². The van der Waals surface area contributed by atoms with E-state index in [0.717, 1.165) is 73.8 Å². The van der Waals surface area contributed by atoms with Crippen LogP contribution in [0.25, 0.3) is 74.8 Å². The Balaban J connectivity index is 0.915. The molecule has 2 aliphatic rings. The van der Waals surface area contributed by atoms with E-state index in [-0.39, 0.29) is 16.5 Å². The molecule has 9 heteroatoms. The second-order valence-corrected chi connectivity index (χ2v) is 23.1. The van der Waals surface area contributed by atoms with Crippen molar-refractivity contribution in [1.82, 2.24) is 0 Å². The highest BCUT2D eigenvalue weighted by atomic mass is 32.1. The number of hydrogen-bond acceptors (Lipinski definition) is 9. The van der Waals surface area contributed by atoms with Gasteiger partial charge in [-0.05, 0) is 142 Å². The maximum absolute atomic E-state index is 13.8. The normalized spacial score (nSPS) is 15.6. The van der Waals surface area contributed by atoms with Crippen molar-refractivity contribution in [1.29, 1.82) is 0 Å². The number of benzene rings is 4. The molecule has 0 N–H and O–H groups in total.